The number of nitro groups is 1. The van der Waals surface area contributed by atoms with Crippen molar-refractivity contribution in [3.8, 4) is 6.07 Å². The molecule has 0 aromatic carbocycles. The third-order valence-corrected chi connectivity index (χ3v) is 3.17. The number of hydrogen-bond donors (Lipinski definition) is 1. The number of H-pyrrole nitrogens is 1. The first-order valence-corrected chi connectivity index (χ1v) is 6.41. The lowest BCUT2D eigenvalue weighted by Crippen LogP contribution is -2.08. The standard InChI is InChI=1S/C14H13N3O4/c1-2-21-14(18)11-8-16-12(7-15)13(11)9-3-5-10(6-4-9)17(19)20/h3,5,8,16H,2,4,6H2,1H3. The summed E-state index contributed by atoms with van der Waals surface area (Å²) >= 11 is 0. The molecule has 2 rings (SSSR count). The van der Waals surface area contributed by atoms with Crippen LogP contribution in [0.2, 0.25) is 0 Å². The van der Waals surface area contributed by atoms with E-state index in [1.807, 2.05) is 6.07 Å². The third kappa shape index (κ3) is 2.84. The first kappa shape index (κ1) is 14.5. The van der Waals surface area contributed by atoms with Gasteiger partial charge in [-0.2, -0.15) is 5.26 Å². The largest absolute Gasteiger partial charge is 0.462 e. The quantitative estimate of drug-likeness (QED) is 0.519. The van der Waals surface area contributed by atoms with Gasteiger partial charge in [0, 0.05) is 24.3 Å². The predicted octanol–water partition coefficient (Wildman–Crippen LogP) is 2.40. The first-order chi connectivity index (χ1) is 10.1. The predicted molar refractivity (Wildman–Crippen MR) is 73.8 cm³/mol. The Bertz CT molecular complexity index is 692. The number of carbonyl (C=O) groups excluding carboxylic acids is 1. The van der Waals surface area contributed by atoms with Gasteiger partial charge in [-0.1, -0.05) is 6.08 Å². The lowest BCUT2D eigenvalue weighted by molar-refractivity contribution is -0.427. The molecule has 0 fully saturated rings. The molecule has 7 nitrogen and oxygen atoms in total. The molecule has 0 bridgehead atoms. The number of nitrogens with zero attached hydrogens (tertiary/aromatic N) is 2. The van der Waals surface area contributed by atoms with Gasteiger partial charge in [0.05, 0.1) is 17.1 Å². The van der Waals surface area contributed by atoms with E-state index in [9.17, 15) is 14.9 Å². The van der Waals surface area contributed by atoms with E-state index in [0.29, 0.717) is 17.6 Å². The van der Waals surface area contributed by atoms with E-state index in [4.69, 9.17) is 10.00 Å². The maximum Gasteiger partial charge on any atom is 0.340 e. The van der Waals surface area contributed by atoms with E-state index in [-0.39, 0.29) is 30.0 Å². The van der Waals surface area contributed by atoms with Crippen molar-refractivity contribution in [2.24, 2.45) is 0 Å². The topological polar surface area (TPSA) is 109 Å². The average Bonchev–Trinajstić information content (AvgIpc) is 2.91. The molecular weight excluding hydrogens is 274 g/mol. The Balaban J connectivity index is 2.44. The second-order valence-corrected chi connectivity index (χ2v) is 4.39. The number of allylic oxidation sites excluding steroid dienone is 4. The van der Waals surface area contributed by atoms with Gasteiger partial charge in [-0.05, 0) is 18.9 Å². The summed E-state index contributed by atoms with van der Waals surface area (Å²) in [4.78, 5) is 24.9. The van der Waals surface area contributed by atoms with Crippen LogP contribution in [0.15, 0.2) is 24.0 Å². The number of rotatable bonds is 4. The summed E-state index contributed by atoms with van der Waals surface area (Å²) in [6.45, 7) is 1.93. The molecule has 0 amide bonds. The Morgan fingerprint density at radius 3 is 2.81 bits per heavy atom. The third-order valence-electron chi connectivity index (χ3n) is 3.17. The van der Waals surface area contributed by atoms with Crippen molar-refractivity contribution < 1.29 is 14.5 Å². The van der Waals surface area contributed by atoms with Gasteiger partial charge >= 0.3 is 5.97 Å². The lowest BCUT2D eigenvalue weighted by atomic mass is 9.93. The van der Waals surface area contributed by atoms with E-state index in [1.165, 1.54) is 12.3 Å². The lowest BCUT2D eigenvalue weighted by Gasteiger charge is -2.11. The van der Waals surface area contributed by atoms with Gasteiger partial charge < -0.3 is 9.72 Å². The minimum atomic E-state index is -0.518. The smallest absolute Gasteiger partial charge is 0.340 e. The summed E-state index contributed by atoms with van der Waals surface area (Å²) in [6.07, 6.45) is 5.07. The molecule has 21 heavy (non-hydrogen) atoms. The van der Waals surface area contributed by atoms with Crippen molar-refractivity contribution in [3.63, 3.8) is 0 Å². The van der Waals surface area contributed by atoms with Crippen LogP contribution in [0, 0.1) is 21.4 Å². The molecule has 1 N–H and O–H groups in total. The van der Waals surface area contributed by atoms with Crippen LogP contribution in [0.1, 0.15) is 41.4 Å². The van der Waals surface area contributed by atoms with Crippen molar-refractivity contribution in [3.05, 3.63) is 51.0 Å². The van der Waals surface area contributed by atoms with Gasteiger partial charge in [0.25, 0.3) is 0 Å². The van der Waals surface area contributed by atoms with Gasteiger partial charge in [0.1, 0.15) is 11.8 Å². The minimum absolute atomic E-state index is 0.116. The molecule has 0 unspecified atom stereocenters. The second kappa shape index (κ2) is 6.05. The van der Waals surface area contributed by atoms with Crippen LogP contribution in [-0.2, 0) is 4.74 Å². The van der Waals surface area contributed by atoms with Gasteiger partial charge in [0.15, 0.2) is 0 Å². The van der Waals surface area contributed by atoms with Crippen molar-refractivity contribution in [1.29, 1.82) is 5.26 Å². The number of ether oxygens (including phenoxy) is 1. The van der Waals surface area contributed by atoms with Gasteiger partial charge in [0.2, 0.25) is 5.70 Å². The summed E-state index contributed by atoms with van der Waals surface area (Å²) in [5.74, 6) is -0.518. The number of nitrogens with one attached hydrogen (secondary N) is 1. The zero-order chi connectivity index (χ0) is 15.4. The Morgan fingerprint density at radius 1 is 1.52 bits per heavy atom. The number of hydrogen-bond acceptors (Lipinski definition) is 5. The molecule has 1 aromatic heterocycles. The van der Waals surface area contributed by atoms with E-state index in [0.717, 1.165) is 0 Å². The zero-order valence-corrected chi connectivity index (χ0v) is 11.4. The van der Waals surface area contributed by atoms with Crippen molar-refractivity contribution in [1.82, 2.24) is 4.98 Å². The summed E-state index contributed by atoms with van der Waals surface area (Å²) in [5.41, 5.74) is 1.82. The molecule has 0 radical (unpaired) electrons. The summed E-state index contributed by atoms with van der Waals surface area (Å²) in [5, 5.41) is 19.8. The number of nitriles is 1. The summed E-state index contributed by atoms with van der Waals surface area (Å²) < 4.78 is 4.96. The fraction of sp³-hybridized carbons (Fsp3) is 0.286. The molecule has 0 saturated heterocycles. The summed E-state index contributed by atoms with van der Waals surface area (Å²) in [7, 11) is 0. The molecule has 1 aromatic rings. The maximum atomic E-state index is 11.9. The highest BCUT2D eigenvalue weighted by Crippen LogP contribution is 2.31. The molecule has 7 heteroatoms. The second-order valence-electron chi connectivity index (χ2n) is 4.39. The number of aromatic nitrogens is 1. The van der Waals surface area contributed by atoms with Gasteiger partial charge in [-0.3, -0.25) is 10.1 Å². The molecule has 108 valence electrons. The molecule has 0 saturated carbocycles. The highest BCUT2D eigenvalue weighted by atomic mass is 16.6. The zero-order valence-electron chi connectivity index (χ0n) is 11.4. The number of carbonyl (C=O) groups is 1. The monoisotopic (exact) mass is 287 g/mol. The van der Waals surface area contributed by atoms with Crippen molar-refractivity contribution >= 4 is 11.5 Å². The van der Waals surface area contributed by atoms with E-state index in [2.05, 4.69) is 4.98 Å². The highest BCUT2D eigenvalue weighted by molar-refractivity contribution is 5.97. The molecule has 0 atom stereocenters. The molecule has 1 aliphatic carbocycles. The SMILES string of the molecule is CCOC(=O)c1c[nH]c(C#N)c1C1=CC=C([N+](=O)[O-])CC1. The molecule has 1 aliphatic rings. The Hall–Kier alpha value is -2.88. The van der Waals surface area contributed by atoms with E-state index in [1.54, 1.807) is 13.0 Å². The van der Waals surface area contributed by atoms with E-state index < -0.39 is 10.9 Å². The maximum absolute atomic E-state index is 11.9. The number of aromatic amines is 1. The fourth-order valence-corrected chi connectivity index (χ4v) is 2.20. The van der Waals surface area contributed by atoms with Crippen LogP contribution in [0.4, 0.5) is 0 Å². The average molecular weight is 287 g/mol. The Morgan fingerprint density at radius 2 is 2.29 bits per heavy atom. The van der Waals surface area contributed by atoms with Crippen LogP contribution >= 0.6 is 0 Å². The van der Waals surface area contributed by atoms with Crippen LogP contribution in [0.3, 0.4) is 0 Å². The Kier molecular flexibility index (Phi) is 4.18. The molecular formula is C14H13N3O4. The minimum Gasteiger partial charge on any atom is -0.462 e. The van der Waals surface area contributed by atoms with Crippen LogP contribution in [0.25, 0.3) is 5.57 Å². The molecule has 0 spiro atoms. The van der Waals surface area contributed by atoms with Gasteiger partial charge in [-0.15, -0.1) is 0 Å². The van der Waals surface area contributed by atoms with Crippen LogP contribution < -0.4 is 0 Å². The first-order valence-electron chi connectivity index (χ1n) is 6.41. The van der Waals surface area contributed by atoms with Crippen molar-refractivity contribution in [2.75, 3.05) is 6.61 Å². The molecule has 1 heterocycles. The molecule has 0 aliphatic heterocycles. The van der Waals surface area contributed by atoms with Crippen molar-refractivity contribution in [2.45, 2.75) is 19.8 Å². The number of esters is 1. The normalized spacial score (nSPS) is 13.9. The van der Waals surface area contributed by atoms with Crippen LogP contribution in [0.5, 0.6) is 0 Å². The fourth-order valence-electron chi connectivity index (χ4n) is 2.20. The van der Waals surface area contributed by atoms with Gasteiger partial charge in [-0.25, -0.2) is 4.79 Å². The van der Waals surface area contributed by atoms with Crippen LogP contribution in [-0.4, -0.2) is 22.5 Å². The summed E-state index contributed by atoms with van der Waals surface area (Å²) in [6, 6.07) is 1.99. The Labute approximate surface area is 120 Å². The highest BCUT2D eigenvalue weighted by Gasteiger charge is 2.24. The van der Waals surface area contributed by atoms with E-state index >= 15 is 0 Å².